The van der Waals surface area contributed by atoms with Gasteiger partial charge >= 0.3 is 12.2 Å². The van der Waals surface area contributed by atoms with Gasteiger partial charge in [-0.3, -0.25) is 0 Å². The molecule has 1 aliphatic heterocycles. The first-order chi connectivity index (χ1) is 17.1. The van der Waals surface area contributed by atoms with E-state index in [0.717, 1.165) is 30.3 Å². The molecule has 2 aromatic heterocycles. The van der Waals surface area contributed by atoms with Crippen LogP contribution < -0.4 is 5.32 Å². The molecule has 1 saturated heterocycles. The van der Waals surface area contributed by atoms with Crippen molar-refractivity contribution in [2.75, 3.05) is 6.54 Å². The number of alkyl halides is 3. The van der Waals surface area contributed by atoms with Gasteiger partial charge in [0.1, 0.15) is 11.5 Å². The number of aryl methyl sites for hydroxylation is 2. The molecule has 0 unspecified atom stereocenters. The van der Waals surface area contributed by atoms with Gasteiger partial charge in [-0.1, -0.05) is 36.7 Å². The molecule has 0 saturated carbocycles. The molecule has 0 bridgehead atoms. The van der Waals surface area contributed by atoms with Crippen molar-refractivity contribution in [1.82, 2.24) is 30.0 Å². The van der Waals surface area contributed by atoms with Crippen molar-refractivity contribution in [2.45, 2.75) is 64.8 Å². The SMILES string of the molecule is CC[C@H](NC(=O)N1CCC[C@@H]1c1nnc(C)n1Cc1ccc(Cl)cc1)c1ccc(C(F)(F)F)nc1C. The highest BCUT2D eigenvalue weighted by Gasteiger charge is 2.36. The van der Waals surface area contributed by atoms with Crippen LogP contribution in [0.4, 0.5) is 18.0 Å². The molecule has 2 amide bonds. The van der Waals surface area contributed by atoms with E-state index in [0.29, 0.717) is 35.9 Å². The van der Waals surface area contributed by atoms with Crippen LogP contribution in [0.15, 0.2) is 36.4 Å². The fraction of sp³-hybridized carbons (Fsp3) is 0.440. The Labute approximate surface area is 212 Å². The Morgan fingerprint density at radius 2 is 1.89 bits per heavy atom. The van der Waals surface area contributed by atoms with E-state index in [2.05, 4.69) is 20.5 Å². The summed E-state index contributed by atoms with van der Waals surface area (Å²) in [6, 6.07) is 8.87. The van der Waals surface area contributed by atoms with Crippen LogP contribution >= 0.6 is 11.6 Å². The van der Waals surface area contributed by atoms with Crippen LogP contribution in [0.1, 0.15) is 72.4 Å². The maximum Gasteiger partial charge on any atom is 0.433 e. The first-order valence-electron chi connectivity index (χ1n) is 11.8. The lowest BCUT2D eigenvalue weighted by atomic mass is 10.0. The van der Waals surface area contributed by atoms with Crippen LogP contribution in [0.25, 0.3) is 0 Å². The normalized spacial score (nSPS) is 16.9. The van der Waals surface area contributed by atoms with E-state index in [1.807, 2.05) is 42.7 Å². The Hall–Kier alpha value is -3.14. The van der Waals surface area contributed by atoms with Gasteiger partial charge in [0, 0.05) is 17.3 Å². The zero-order valence-electron chi connectivity index (χ0n) is 20.3. The maximum absolute atomic E-state index is 13.4. The highest BCUT2D eigenvalue weighted by atomic mass is 35.5. The van der Waals surface area contributed by atoms with Gasteiger partial charge in [0.2, 0.25) is 0 Å². The Morgan fingerprint density at radius 3 is 2.53 bits per heavy atom. The Kier molecular flexibility index (Phi) is 7.54. The van der Waals surface area contributed by atoms with Crippen molar-refractivity contribution < 1.29 is 18.0 Å². The summed E-state index contributed by atoms with van der Waals surface area (Å²) in [5.41, 5.74) is 0.901. The second-order valence-electron chi connectivity index (χ2n) is 8.95. The molecule has 0 aliphatic carbocycles. The average molecular weight is 521 g/mol. The fourth-order valence-corrected chi connectivity index (χ4v) is 4.75. The molecule has 2 atom stereocenters. The summed E-state index contributed by atoms with van der Waals surface area (Å²) in [6.45, 7) is 6.37. The van der Waals surface area contributed by atoms with E-state index in [4.69, 9.17) is 11.6 Å². The number of hydrogen-bond donors (Lipinski definition) is 1. The second-order valence-corrected chi connectivity index (χ2v) is 9.39. The monoisotopic (exact) mass is 520 g/mol. The number of rotatable bonds is 6. The van der Waals surface area contributed by atoms with Crippen LogP contribution in [-0.4, -0.2) is 37.2 Å². The topological polar surface area (TPSA) is 75.9 Å². The molecule has 192 valence electrons. The minimum absolute atomic E-state index is 0.244. The van der Waals surface area contributed by atoms with Crippen molar-refractivity contribution >= 4 is 17.6 Å². The standard InChI is InChI=1S/C25H28ClF3N6O/c1-4-20(19-11-12-22(25(27,28)29)30-15(19)2)31-24(36)34-13-5-6-21(34)23-33-32-16(3)35(23)14-17-7-9-18(26)10-8-17/h7-12,20-21H,4-6,13-14H2,1-3H3,(H,31,36)/t20-,21+/m0/s1. The number of pyridine rings is 1. The third kappa shape index (κ3) is 5.48. The second kappa shape index (κ2) is 10.5. The van der Waals surface area contributed by atoms with Gasteiger partial charge in [-0.15, -0.1) is 10.2 Å². The molecular weight excluding hydrogens is 493 g/mol. The molecule has 1 aromatic carbocycles. The first kappa shape index (κ1) is 25.9. The first-order valence-corrected chi connectivity index (χ1v) is 12.2. The lowest BCUT2D eigenvalue weighted by Crippen LogP contribution is -2.42. The van der Waals surface area contributed by atoms with Gasteiger partial charge in [-0.25, -0.2) is 9.78 Å². The number of benzene rings is 1. The van der Waals surface area contributed by atoms with E-state index in [-0.39, 0.29) is 17.8 Å². The van der Waals surface area contributed by atoms with Crippen LogP contribution in [-0.2, 0) is 12.7 Å². The number of urea groups is 1. The average Bonchev–Trinajstić information content (AvgIpc) is 3.45. The number of hydrogen-bond acceptors (Lipinski definition) is 4. The van der Waals surface area contributed by atoms with E-state index >= 15 is 0 Å². The summed E-state index contributed by atoms with van der Waals surface area (Å²) in [6.07, 6.45) is -2.46. The molecule has 3 heterocycles. The Balaban J connectivity index is 1.53. The van der Waals surface area contributed by atoms with Gasteiger partial charge in [0.25, 0.3) is 0 Å². The van der Waals surface area contributed by atoms with Gasteiger partial charge in [-0.05, 0) is 62.4 Å². The van der Waals surface area contributed by atoms with Crippen molar-refractivity contribution in [3.63, 3.8) is 0 Å². The lowest BCUT2D eigenvalue weighted by Gasteiger charge is -2.28. The molecule has 1 N–H and O–H groups in total. The molecule has 7 nitrogen and oxygen atoms in total. The largest absolute Gasteiger partial charge is 0.433 e. The highest BCUT2D eigenvalue weighted by Crippen LogP contribution is 2.33. The van der Waals surface area contributed by atoms with Crippen molar-refractivity contribution in [3.05, 3.63) is 75.6 Å². The molecule has 0 spiro atoms. The smallest absolute Gasteiger partial charge is 0.331 e. The molecule has 4 rings (SSSR count). The zero-order chi connectivity index (χ0) is 26.0. The third-order valence-electron chi connectivity index (χ3n) is 6.53. The summed E-state index contributed by atoms with van der Waals surface area (Å²) in [5, 5.41) is 12.3. The predicted molar refractivity (Wildman–Crippen MR) is 130 cm³/mol. The Morgan fingerprint density at radius 1 is 1.17 bits per heavy atom. The minimum Gasteiger partial charge on any atom is -0.331 e. The highest BCUT2D eigenvalue weighted by molar-refractivity contribution is 6.30. The molecule has 1 aliphatic rings. The molecular formula is C25H28ClF3N6O. The third-order valence-corrected chi connectivity index (χ3v) is 6.78. The van der Waals surface area contributed by atoms with E-state index < -0.39 is 17.9 Å². The van der Waals surface area contributed by atoms with Gasteiger partial charge < -0.3 is 14.8 Å². The lowest BCUT2D eigenvalue weighted by molar-refractivity contribution is -0.141. The van der Waals surface area contributed by atoms with Gasteiger partial charge in [0.05, 0.1) is 18.6 Å². The summed E-state index contributed by atoms with van der Waals surface area (Å²) in [4.78, 5) is 18.8. The van der Waals surface area contributed by atoms with Crippen LogP contribution in [0.2, 0.25) is 5.02 Å². The number of amides is 2. The molecule has 3 aromatic rings. The summed E-state index contributed by atoms with van der Waals surface area (Å²) in [5.74, 6) is 1.45. The Bertz CT molecular complexity index is 1230. The van der Waals surface area contributed by atoms with E-state index in [1.54, 1.807) is 4.90 Å². The molecule has 36 heavy (non-hydrogen) atoms. The van der Waals surface area contributed by atoms with Crippen LogP contribution in [0.5, 0.6) is 0 Å². The van der Waals surface area contributed by atoms with E-state index in [1.165, 1.54) is 13.0 Å². The van der Waals surface area contributed by atoms with Crippen LogP contribution in [0.3, 0.4) is 0 Å². The number of halogens is 4. The number of likely N-dealkylation sites (tertiary alicyclic amines) is 1. The summed E-state index contributed by atoms with van der Waals surface area (Å²) >= 11 is 6.01. The van der Waals surface area contributed by atoms with Crippen LogP contribution in [0, 0.1) is 13.8 Å². The quantitative estimate of drug-likeness (QED) is 0.432. The van der Waals surface area contributed by atoms with Crippen molar-refractivity contribution in [3.8, 4) is 0 Å². The number of carbonyl (C=O) groups excluding carboxylic acids is 1. The van der Waals surface area contributed by atoms with Crippen molar-refractivity contribution in [1.29, 1.82) is 0 Å². The number of aromatic nitrogens is 4. The number of carbonyl (C=O) groups is 1. The maximum atomic E-state index is 13.4. The summed E-state index contributed by atoms with van der Waals surface area (Å²) in [7, 11) is 0. The molecule has 0 radical (unpaired) electrons. The van der Waals surface area contributed by atoms with Gasteiger partial charge in [0.15, 0.2) is 5.82 Å². The minimum atomic E-state index is -4.52. The van der Waals surface area contributed by atoms with Crippen molar-refractivity contribution in [2.24, 2.45) is 0 Å². The number of nitrogens with zero attached hydrogens (tertiary/aromatic N) is 5. The number of nitrogens with one attached hydrogen (secondary N) is 1. The molecule has 11 heteroatoms. The van der Waals surface area contributed by atoms with E-state index in [9.17, 15) is 18.0 Å². The fourth-order valence-electron chi connectivity index (χ4n) is 4.62. The zero-order valence-corrected chi connectivity index (χ0v) is 21.1. The molecule has 1 fully saturated rings. The summed E-state index contributed by atoms with van der Waals surface area (Å²) < 4.78 is 41.1. The predicted octanol–water partition coefficient (Wildman–Crippen LogP) is 6.01. The van der Waals surface area contributed by atoms with Gasteiger partial charge in [-0.2, -0.15) is 13.2 Å².